The quantitative estimate of drug-likeness (QED) is 0.149. The van der Waals surface area contributed by atoms with Crippen molar-refractivity contribution in [3.63, 3.8) is 0 Å². The van der Waals surface area contributed by atoms with Crippen LogP contribution in [0.15, 0.2) is 173 Å². The SMILES string of the molecule is CC(C)c1cc(-c2ccccc2)cc(C(C)C)c1-c1cccc2nc(-c3[c-]ccc4c3oc3cc(-c5ccccc5)ccc34)oc12.Fc1ccc[c-]c1-c1ccccn1.[Ir]. The molecule has 0 aliphatic heterocycles. The van der Waals surface area contributed by atoms with Crippen LogP contribution in [-0.4, -0.2) is 9.97 Å². The number of oxazole rings is 1. The molecule has 0 saturated heterocycles. The first-order valence-electron chi connectivity index (χ1n) is 20.0. The second-order valence-electron chi connectivity index (χ2n) is 15.3. The van der Waals surface area contributed by atoms with Crippen LogP contribution in [0.1, 0.15) is 50.7 Å². The Labute approximate surface area is 363 Å². The fraction of sp³-hybridized carbons (Fsp3) is 0.111. The zero-order valence-corrected chi connectivity index (χ0v) is 36.1. The number of rotatable bonds is 7. The molecule has 1 radical (unpaired) electrons. The molecular weight excluding hydrogens is 920 g/mol. The number of pyridine rings is 1. The Bertz CT molecular complexity index is 3030. The van der Waals surface area contributed by atoms with Gasteiger partial charge in [0.1, 0.15) is 17.1 Å². The van der Waals surface area contributed by atoms with Crippen molar-refractivity contribution in [2.45, 2.75) is 39.5 Å². The Morgan fingerprint density at radius 3 is 1.90 bits per heavy atom. The van der Waals surface area contributed by atoms with Gasteiger partial charge in [0.25, 0.3) is 0 Å². The van der Waals surface area contributed by atoms with Gasteiger partial charge in [-0.05, 0) is 80.2 Å². The molecule has 60 heavy (non-hydrogen) atoms. The summed E-state index contributed by atoms with van der Waals surface area (Å²) >= 11 is 0. The van der Waals surface area contributed by atoms with Gasteiger partial charge < -0.3 is 13.8 Å². The Kier molecular flexibility index (Phi) is 11.7. The molecule has 0 aliphatic carbocycles. The molecule has 0 saturated carbocycles. The Hall–Kier alpha value is -6.46. The van der Waals surface area contributed by atoms with Gasteiger partial charge in [-0.3, -0.25) is 9.37 Å². The maximum Gasteiger partial charge on any atom is 0.149 e. The molecule has 0 amide bonds. The third kappa shape index (κ3) is 7.85. The molecule has 7 aromatic carbocycles. The largest absolute Gasteiger partial charge is 0.500 e. The fourth-order valence-electron chi connectivity index (χ4n) is 7.79. The molecule has 3 heterocycles. The first-order chi connectivity index (χ1) is 28.8. The predicted molar refractivity (Wildman–Crippen MR) is 239 cm³/mol. The summed E-state index contributed by atoms with van der Waals surface area (Å²) < 4.78 is 26.5. The predicted octanol–water partition coefficient (Wildman–Crippen LogP) is 15.1. The maximum absolute atomic E-state index is 13.2. The number of nitrogens with zero attached hydrogens (tertiary/aromatic N) is 2. The number of aromatic nitrogens is 2. The third-order valence-corrected chi connectivity index (χ3v) is 10.7. The topological polar surface area (TPSA) is 52.1 Å². The van der Waals surface area contributed by atoms with E-state index in [0.717, 1.165) is 55.3 Å². The summed E-state index contributed by atoms with van der Waals surface area (Å²) in [4.78, 5) is 9.05. The normalized spacial score (nSPS) is 11.2. The molecule has 0 spiro atoms. The Balaban J connectivity index is 0.000000304. The molecule has 4 nitrogen and oxygen atoms in total. The van der Waals surface area contributed by atoms with E-state index in [9.17, 15) is 4.39 Å². The average Bonchev–Trinajstić information content (AvgIpc) is 3.89. The minimum atomic E-state index is -0.291. The summed E-state index contributed by atoms with van der Waals surface area (Å²) in [5.74, 6) is 0.842. The number of halogens is 1. The van der Waals surface area contributed by atoms with Crippen molar-refractivity contribution >= 4 is 33.0 Å². The van der Waals surface area contributed by atoms with E-state index >= 15 is 0 Å². The summed E-state index contributed by atoms with van der Waals surface area (Å²) in [6, 6.07) is 58.7. The van der Waals surface area contributed by atoms with Crippen molar-refractivity contribution in [2.75, 3.05) is 0 Å². The fourth-order valence-corrected chi connectivity index (χ4v) is 7.79. The van der Waals surface area contributed by atoms with Crippen LogP contribution in [0.4, 0.5) is 4.39 Å². The number of para-hydroxylation sites is 1. The zero-order valence-electron chi connectivity index (χ0n) is 33.7. The number of benzene rings is 7. The Morgan fingerprint density at radius 2 is 1.23 bits per heavy atom. The molecule has 0 N–H and O–H groups in total. The molecule has 3 aromatic heterocycles. The van der Waals surface area contributed by atoms with Gasteiger partial charge in [-0.25, -0.2) is 0 Å². The molecule has 10 rings (SSSR count). The van der Waals surface area contributed by atoms with Gasteiger partial charge in [0.2, 0.25) is 0 Å². The van der Waals surface area contributed by atoms with Crippen LogP contribution in [0.3, 0.4) is 0 Å². The van der Waals surface area contributed by atoms with Crippen LogP contribution in [-0.2, 0) is 20.1 Å². The third-order valence-electron chi connectivity index (χ3n) is 10.7. The standard InChI is InChI=1S/C43H34NO2.C11H7FN.Ir/c1-26(2)36-23-31(29-15-9-6-10-16-29)24-37(27(3)4)40(36)34-18-12-20-38-42(34)46-43(44-38)35-19-11-17-33-32-22-21-30(25-39(32)45-41(33)35)28-13-7-5-8-14-28;12-10-6-2-1-5-9(10)11-7-3-4-8-13-11;/h5-18,20-27H,1-4H3;1-4,6-8H;/q2*-1;. The van der Waals surface area contributed by atoms with E-state index in [-0.39, 0.29) is 25.9 Å². The van der Waals surface area contributed by atoms with Crippen molar-refractivity contribution in [2.24, 2.45) is 0 Å². The molecule has 6 heteroatoms. The molecular formula is C54H41FIrN2O2-2. The van der Waals surface area contributed by atoms with Crippen LogP contribution in [0.25, 0.3) is 89.1 Å². The number of hydrogen-bond donors (Lipinski definition) is 0. The van der Waals surface area contributed by atoms with E-state index in [2.05, 4.69) is 148 Å². The van der Waals surface area contributed by atoms with E-state index in [1.54, 1.807) is 30.5 Å². The van der Waals surface area contributed by atoms with Crippen LogP contribution in [0.5, 0.6) is 0 Å². The van der Waals surface area contributed by atoms with Crippen molar-refractivity contribution in [1.82, 2.24) is 9.97 Å². The zero-order chi connectivity index (χ0) is 40.5. The molecule has 10 aromatic rings. The molecule has 0 atom stereocenters. The van der Waals surface area contributed by atoms with Gasteiger partial charge in [0.15, 0.2) is 0 Å². The number of fused-ring (bicyclic) bond motifs is 4. The van der Waals surface area contributed by atoms with Crippen molar-refractivity contribution < 1.29 is 33.3 Å². The smallest absolute Gasteiger partial charge is 0.149 e. The van der Waals surface area contributed by atoms with Crippen LogP contribution >= 0.6 is 0 Å². The van der Waals surface area contributed by atoms with Crippen molar-refractivity contribution in [3.8, 4) is 56.1 Å². The second-order valence-corrected chi connectivity index (χ2v) is 15.3. The van der Waals surface area contributed by atoms with Gasteiger partial charge >= 0.3 is 0 Å². The number of hydrogen-bond acceptors (Lipinski definition) is 4. The van der Waals surface area contributed by atoms with E-state index < -0.39 is 0 Å². The molecule has 0 bridgehead atoms. The second kappa shape index (κ2) is 17.4. The minimum absolute atomic E-state index is 0. The van der Waals surface area contributed by atoms with Crippen molar-refractivity contribution in [3.05, 3.63) is 193 Å². The average molecular weight is 961 g/mol. The minimum Gasteiger partial charge on any atom is -0.500 e. The monoisotopic (exact) mass is 961 g/mol. The summed E-state index contributed by atoms with van der Waals surface area (Å²) in [5.41, 5.74) is 14.5. The summed E-state index contributed by atoms with van der Waals surface area (Å²) in [5, 5.41) is 2.08. The van der Waals surface area contributed by atoms with E-state index in [1.807, 2.05) is 24.3 Å². The number of furan rings is 1. The van der Waals surface area contributed by atoms with Gasteiger partial charge in [-0.2, -0.15) is 0 Å². The van der Waals surface area contributed by atoms with Crippen LogP contribution in [0, 0.1) is 17.9 Å². The van der Waals surface area contributed by atoms with Crippen molar-refractivity contribution in [1.29, 1.82) is 0 Å². The van der Waals surface area contributed by atoms with Crippen LogP contribution < -0.4 is 0 Å². The summed E-state index contributed by atoms with van der Waals surface area (Å²) in [6.07, 6.45) is 1.63. The summed E-state index contributed by atoms with van der Waals surface area (Å²) in [6.45, 7) is 9.07. The molecule has 0 unspecified atom stereocenters. The Morgan fingerprint density at radius 1 is 0.550 bits per heavy atom. The first kappa shape index (κ1) is 40.3. The molecule has 0 aliphatic rings. The molecule has 297 valence electrons. The van der Waals surface area contributed by atoms with E-state index in [1.165, 1.54) is 33.9 Å². The van der Waals surface area contributed by atoms with Gasteiger partial charge in [-0.1, -0.05) is 148 Å². The maximum atomic E-state index is 13.2. The first-order valence-corrected chi connectivity index (χ1v) is 20.0. The summed E-state index contributed by atoms with van der Waals surface area (Å²) in [7, 11) is 0. The van der Waals surface area contributed by atoms with Crippen LogP contribution in [0.2, 0.25) is 0 Å². The van der Waals surface area contributed by atoms with Gasteiger partial charge in [-0.15, -0.1) is 42.5 Å². The molecule has 0 fully saturated rings. The van der Waals surface area contributed by atoms with Gasteiger partial charge in [0.05, 0.1) is 11.1 Å². The van der Waals surface area contributed by atoms with E-state index in [0.29, 0.717) is 29.0 Å². The van der Waals surface area contributed by atoms with E-state index in [4.69, 9.17) is 13.8 Å². The van der Waals surface area contributed by atoms with Gasteiger partial charge in [0, 0.05) is 43.1 Å².